The molecule has 0 radical (unpaired) electrons. The average molecular weight is 522 g/mol. The van der Waals surface area contributed by atoms with Crippen molar-refractivity contribution >= 4 is 11.6 Å². The van der Waals surface area contributed by atoms with E-state index < -0.39 is 11.7 Å². The summed E-state index contributed by atoms with van der Waals surface area (Å²) in [6.07, 6.45) is 0.205. The summed E-state index contributed by atoms with van der Waals surface area (Å²) < 4.78 is 40.9. The molecule has 1 saturated heterocycles. The molecule has 1 aliphatic heterocycles. The van der Waals surface area contributed by atoms with Crippen LogP contribution in [0.1, 0.15) is 46.4 Å². The van der Waals surface area contributed by atoms with Crippen molar-refractivity contribution in [2.45, 2.75) is 38.9 Å². The van der Waals surface area contributed by atoms with Crippen molar-refractivity contribution in [3.63, 3.8) is 0 Å². The third kappa shape index (κ3) is 5.88. The highest BCUT2D eigenvalue weighted by Crippen LogP contribution is 2.32. The van der Waals surface area contributed by atoms with Crippen molar-refractivity contribution in [1.29, 1.82) is 0 Å². The van der Waals surface area contributed by atoms with Crippen LogP contribution in [0.4, 0.5) is 13.2 Å². The molecule has 0 atom stereocenters. The van der Waals surface area contributed by atoms with Crippen LogP contribution >= 0.6 is 0 Å². The molecule has 0 aliphatic carbocycles. The van der Waals surface area contributed by atoms with Gasteiger partial charge in [0.25, 0.3) is 5.91 Å². The molecule has 0 saturated carbocycles. The number of benzene rings is 2. The number of rotatable bonds is 7. The summed E-state index contributed by atoms with van der Waals surface area (Å²) in [6.45, 7) is 5.42. The summed E-state index contributed by atoms with van der Waals surface area (Å²) in [5, 5.41) is 7.45. The average Bonchev–Trinajstić information content (AvgIpc) is 3.36. The van der Waals surface area contributed by atoms with Crippen LogP contribution in [0, 0.1) is 12.8 Å². The lowest BCUT2D eigenvalue weighted by Gasteiger charge is -2.32. The molecule has 198 valence electrons. The Labute approximate surface area is 219 Å². The number of fused-ring (bicyclic) bond motifs is 1. The standard InChI is InChI=1S/C29H30F3N5O/c1-20-25(18-34-27-17-26(35-37(20)27)23-8-5-9-24(16-23)29(30,31)32)28(38)33-13-10-21-11-14-36(15-12-21)19-22-6-3-2-4-7-22/h2-9,16-18,21H,10-15,19H2,1H3,(H,33,38). The van der Waals surface area contributed by atoms with Gasteiger partial charge >= 0.3 is 6.18 Å². The van der Waals surface area contributed by atoms with E-state index in [2.05, 4.69) is 44.6 Å². The van der Waals surface area contributed by atoms with Crippen LogP contribution in [-0.4, -0.2) is 45.0 Å². The lowest BCUT2D eigenvalue weighted by atomic mass is 9.93. The van der Waals surface area contributed by atoms with Gasteiger partial charge in [0.05, 0.1) is 22.5 Å². The number of nitrogens with zero attached hydrogens (tertiary/aromatic N) is 4. The monoisotopic (exact) mass is 521 g/mol. The first kappa shape index (κ1) is 25.9. The number of aromatic nitrogens is 3. The Hall–Kier alpha value is -3.72. The quantitative estimate of drug-likeness (QED) is 0.336. The minimum atomic E-state index is -4.44. The Morgan fingerprint density at radius 1 is 1.05 bits per heavy atom. The molecule has 5 rings (SSSR count). The number of carbonyl (C=O) groups is 1. The number of nitrogens with one attached hydrogen (secondary N) is 1. The number of likely N-dealkylation sites (tertiary alicyclic amines) is 1. The first-order valence-electron chi connectivity index (χ1n) is 12.9. The number of halogens is 3. The van der Waals surface area contributed by atoms with E-state index in [1.54, 1.807) is 19.1 Å². The van der Waals surface area contributed by atoms with Gasteiger partial charge in [0.15, 0.2) is 5.65 Å². The predicted octanol–water partition coefficient (Wildman–Crippen LogP) is 5.76. The number of hydrogen-bond acceptors (Lipinski definition) is 4. The van der Waals surface area contributed by atoms with Crippen LogP contribution in [0.15, 0.2) is 66.9 Å². The van der Waals surface area contributed by atoms with Gasteiger partial charge in [-0.25, -0.2) is 9.50 Å². The van der Waals surface area contributed by atoms with Gasteiger partial charge in [-0.15, -0.1) is 0 Å². The first-order chi connectivity index (χ1) is 18.3. The normalized spacial score (nSPS) is 15.2. The van der Waals surface area contributed by atoms with Crippen LogP contribution in [0.3, 0.4) is 0 Å². The third-order valence-electron chi connectivity index (χ3n) is 7.25. The molecule has 4 aromatic rings. The second kappa shape index (κ2) is 10.9. The van der Waals surface area contributed by atoms with Crippen molar-refractivity contribution < 1.29 is 18.0 Å². The maximum absolute atomic E-state index is 13.1. The van der Waals surface area contributed by atoms with E-state index in [1.807, 2.05) is 6.07 Å². The smallest absolute Gasteiger partial charge is 0.352 e. The molecule has 0 spiro atoms. The van der Waals surface area contributed by atoms with E-state index in [9.17, 15) is 18.0 Å². The number of carbonyl (C=O) groups excluding carboxylic acids is 1. The summed E-state index contributed by atoms with van der Waals surface area (Å²) in [5.74, 6) is 0.347. The summed E-state index contributed by atoms with van der Waals surface area (Å²) in [5.41, 5.74) is 2.74. The van der Waals surface area contributed by atoms with Gasteiger partial charge in [-0.1, -0.05) is 42.5 Å². The molecule has 1 N–H and O–H groups in total. The van der Waals surface area contributed by atoms with E-state index in [-0.39, 0.29) is 5.91 Å². The van der Waals surface area contributed by atoms with Crippen molar-refractivity contribution in [3.05, 3.63) is 89.2 Å². The van der Waals surface area contributed by atoms with Crippen LogP contribution < -0.4 is 5.32 Å². The Morgan fingerprint density at radius 3 is 2.55 bits per heavy atom. The number of hydrogen-bond donors (Lipinski definition) is 1. The number of alkyl halides is 3. The summed E-state index contributed by atoms with van der Waals surface area (Å²) >= 11 is 0. The maximum atomic E-state index is 13.1. The molecule has 9 heteroatoms. The van der Waals surface area contributed by atoms with E-state index in [0.717, 1.165) is 51.0 Å². The molecule has 2 aromatic heterocycles. The number of aryl methyl sites for hydroxylation is 1. The lowest BCUT2D eigenvalue weighted by Crippen LogP contribution is -2.35. The largest absolute Gasteiger partial charge is 0.416 e. The zero-order chi connectivity index (χ0) is 26.7. The zero-order valence-electron chi connectivity index (χ0n) is 21.2. The number of amides is 1. The Bertz CT molecular complexity index is 1410. The van der Waals surface area contributed by atoms with E-state index in [1.165, 1.54) is 22.3 Å². The molecular formula is C29H30F3N5O. The second-order valence-corrected chi connectivity index (χ2v) is 9.89. The Morgan fingerprint density at radius 2 is 1.82 bits per heavy atom. The Kier molecular flexibility index (Phi) is 7.46. The highest BCUT2D eigenvalue weighted by Gasteiger charge is 2.30. The molecule has 38 heavy (non-hydrogen) atoms. The fourth-order valence-corrected chi connectivity index (χ4v) is 5.03. The Balaban J connectivity index is 1.17. The molecule has 1 amide bonds. The first-order valence-corrected chi connectivity index (χ1v) is 12.9. The van der Waals surface area contributed by atoms with Gasteiger partial charge < -0.3 is 5.32 Å². The fourth-order valence-electron chi connectivity index (χ4n) is 5.03. The topological polar surface area (TPSA) is 62.5 Å². The van der Waals surface area contributed by atoms with Crippen LogP contribution in [0.5, 0.6) is 0 Å². The van der Waals surface area contributed by atoms with Crippen LogP contribution in [0.25, 0.3) is 16.9 Å². The van der Waals surface area contributed by atoms with Crippen molar-refractivity contribution in [2.75, 3.05) is 19.6 Å². The molecule has 0 bridgehead atoms. The summed E-state index contributed by atoms with van der Waals surface area (Å²) in [7, 11) is 0. The lowest BCUT2D eigenvalue weighted by molar-refractivity contribution is -0.137. The SMILES string of the molecule is Cc1c(C(=O)NCCC2CCN(Cc3ccccc3)CC2)cnc2cc(-c3cccc(C(F)(F)F)c3)nn12. The van der Waals surface area contributed by atoms with Gasteiger partial charge in [-0.2, -0.15) is 18.3 Å². The van der Waals surface area contributed by atoms with Crippen molar-refractivity contribution in [3.8, 4) is 11.3 Å². The van der Waals surface area contributed by atoms with Gasteiger partial charge in [0, 0.05) is 30.9 Å². The molecule has 3 heterocycles. The fraction of sp³-hybridized carbons (Fsp3) is 0.345. The van der Waals surface area contributed by atoms with E-state index in [0.29, 0.717) is 40.6 Å². The van der Waals surface area contributed by atoms with E-state index >= 15 is 0 Å². The predicted molar refractivity (Wildman–Crippen MR) is 140 cm³/mol. The highest BCUT2D eigenvalue weighted by molar-refractivity contribution is 5.95. The van der Waals surface area contributed by atoms with Gasteiger partial charge in [-0.3, -0.25) is 9.69 Å². The summed E-state index contributed by atoms with van der Waals surface area (Å²) in [6, 6.07) is 17.1. The molecule has 1 fully saturated rings. The van der Waals surface area contributed by atoms with Crippen LogP contribution in [-0.2, 0) is 12.7 Å². The van der Waals surface area contributed by atoms with Gasteiger partial charge in [0.1, 0.15) is 0 Å². The molecule has 1 aliphatic rings. The minimum absolute atomic E-state index is 0.227. The van der Waals surface area contributed by atoms with E-state index in [4.69, 9.17) is 0 Å². The maximum Gasteiger partial charge on any atom is 0.416 e. The van der Waals surface area contributed by atoms with Gasteiger partial charge in [0.2, 0.25) is 0 Å². The number of piperidine rings is 1. The molecular weight excluding hydrogens is 491 g/mol. The second-order valence-electron chi connectivity index (χ2n) is 9.89. The van der Waals surface area contributed by atoms with Crippen LogP contribution in [0.2, 0.25) is 0 Å². The van der Waals surface area contributed by atoms with Crippen molar-refractivity contribution in [2.24, 2.45) is 5.92 Å². The molecule has 6 nitrogen and oxygen atoms in total. The zero-order valence-corrected chi connectivity index (χ0v) is 21.2. The highest BCUT2D eigenvalue weighted by atomic mass is 19.4. The third-order valence-corrected chi connectivity index (χ3v) is 7.25. The van der Waals surface area contributed by atoms with Crippen molar-refractivity contribution in [1.82, 2.24) is 24.8 Å². The minimum Gasteiger partial charge on any atom is -0.352 e. The van der Waals surface area contributed by atoms with Gasteiger partial charge in [-0.05, 0) is 62.9 Å². The molecule has 0 unspecified atom stereocenters. The summed E-state index contributed by atoms with van der Waals surface area (Å²) in [4.78, 5) is 19.7. The molecule has 2 aromatic carbocycles.